The van der Waals surface area contributed by atoms with Crippen molar-refractivity contribution in [2.45, 2.75) is 26.7 Å². The molecule has 0 bridgehead atoms. The van der Waals surface area contributed by atoms with Gasteiger partial charge in [0.15, 0.2) is 0 Å². The summed E-state index contributed by atoms with van der Waals surface area (Å²) in [5.74, 6) is 1.92. The van der Waals surface area contributed by atoms with Gasteiger partial charge in [0, 0.05) is 6.54 Å². The smallest absolute Gasteiger partial charge is 0.000662 e. The van der Waals surface area contributed by atoms with Gasteiger partial charge < -0.3 is 4.90 Å². The summed E-state index contributed by atoms with van der Waals surface area (Å²) in [4.78, 5) is 2.44. The van der Waals surface area contributed by atoms with Gasteiger partial charge in [0.25, 0.3) is 0 Å². The highest BCUT2D eigenvalue weighted by molar-refractivity contribution is 4.74. The van der Waals surface area contributed by atoms with Crippen LogP contribution in [-0.4, -0.2) is 25.0 Å². The molecule has 1 heterocycles. The monoisotopic (exact) mass is 141 g/mol. The van der Waals surface area contributed by atoms with Crippen molar-refractivity contribution >= 4 is 0 Å². The van der Waals surface area contributed by atoms with Crippen LogP contribution in [-0.2, 0) is 0 Å². The zero-order valence-corrected chi connectivity index (χ0v) is 7.43. The first-order chi connectivity index (χ1) is 4.74. The molecule has 0 N–H and O–H groups in total. The first kappa shape index (κ1) is 8.06. The van der Waals surface area contributed by atoms with E-state index in [4.69, 9.17) is 0 Å². The zero-order chi connectivity index (χ0) is 7.56. The lowest BCUT2D eigenvalue weighted by Gasteiger charge is -2.34. The molecule has 0 radical (unpaired) electrons. The molecule has 1 fully saturated rings. The maximum Gasteiger partial charge on any atom is 0.000662 e. The highest BCUT2D eigenvalue weighted by Crippen LogP contribution is 2.24. The van der Waals surface area contributed by atoms with E-state index in [2.05, 4.69) is 25.8 Å². The van der Waals surface area contributed by atoms with E-state index < -0.39 is 0 Å². The van der Waals surface area contributed by atoms with E-state index in [1.165, 1.54) is 25.9 Å². The van der Waals surface area contributed by atoms with E-state index in [9.17, 15) is 0 Å². The van der Waals surface area contributed by atoms with Gasteiger partial charge in [0.1, 0.15) is 0 Å². The lowest BCUT2D eigenvalue weighted by Crippen LogP contribution is -2.36. The number of likely N-dealkylation sites (tertiary alicyclic amines) is 1. The van der Waals surface area contributed by atoms with Crippen LogP contribution < -0.4 is 0 Å². The fraction of sp³-hybridized carbons (Fsp3) is 1.00. The van der Waals surface area contributed by atoms with Gasteiger partial charge in [-0.25, -0.2) is 0 Å². The Balaban J connectivity index is 2.36. The molecule has 0 aliphatic carbocycles. The van der Waals surface area contributed by atoms with E-state index in [0.29, 0.717) is 0 Å². The minimum absolute atomic E-state index is 0.920. The summed E-state index contributed by atoms with van der Waals surface area (Å²) < 4.78 is 0. The van der Waals surface area contributed by atoms with Crippen molar-refractivity contribution in [2.24, 2.45) is 11.8 Å². The maximum absolute atomic E-state index is 2.44. The molecule has 0 saturated carbocycles. The SMILES string of the molecule is CCC1CCN(C)C[C@H]1C. The van der Waals surface area contributed by atoms with Gasteiger partial charge in [-0.2, -0.15) is 0 Å². The molecule has 1 aliphatic rings. The molecule has 0 amide bonds. The first-order valence-corrected chi connectivity index (χ1v) is 4.42. The van der Waals surface area contributed by atoms with Crippen molar-refractivity contribution in [2.75, 3.05) is 20.1 Å². The normalized spacial score (nSPS) is 36.3. The third-order valence-corrected chi connectivity index (χ3v) is 2.81. The molecule has 2 atom stereocenters. The molecule has 1 rings (SSSR count). The van der Waals surface area contributed by atoms with Gasteiger partial charge in [0.05, 0.1) is 0 Å². The molecule has 0 aromatic rings. The third kappa shape index (κ3) is 1.72. The fourth-order valence-electron chi connectivity index (χ4n) is 2.01. The average molecular weight is 141 g/mol. The van der Waals surface area contributed by atoms with Gasteiger partial charge in [0.2, 0.25) is 0 Å². The molecule has 10 heavy (non-hydrogen) atoms. The van der Waals surface area contributed by atoms with Crippen molar-refractivity contribution in [1.29, 1.82) is 0 Å². The Bertz CT molecular complexity index is 101. The van der Waals surface area contributed by atoms with Crippen LogP contribution in [0.1, 0.15) is 26.7 Å². The van der Waals surface area contributed by atoms with Crippen molar-refractivity contribution in [3.8, 4) is 0 Å². The second kappa shape index (κ2) is 3.38. The van der Waals surface area contributed by atoms with Crippen LogP contribution in [0.3, 0.4) is 0 Å². The molecule has 0 aromatic carbocycles. The third-order valence-electron chi connectivity index (χ3n) is 2.81. The molecule has 1 nitrogen and oxygen atoms in total. The fourth-order valence-corrected chi connectivity index (χ4v) is 2.01. The first-order valence-electron chi connectivity index (χ1n) is 4.42. The second-order valence-corrected chi connectivity index (χ2v) is 3.70. The summed E-state index contributed by atoms with van der Waals surface area (Å²) in [6.07, 6.45) is 2.78. The van der Waals surface area contributed by atoms with Crippen LogP contribution in [0.25, 0.3) is 0 Å². The van der Waals surface area contributed by atoms with Crippen LogP contribution in [0.5, 0.6) is 0 Å². The standard InChI is InChI=1S/C9H19N/c1-4-9-5-6-10(3)7-8(9)2/h8-9H,4-7H2,1-3H3/t8-,9?/m1/s1. The molecule has 1 aliphatic heterocycles. The summed E-state index contributed by atoms with van der Waals surface area (Å²) >= 11 is 0. The predicted octanol–water partition coefficient (Wildman–Crippen LogP) is 1.98. The summed E-state index contributed by atoms with van der Waals surface area (Å²) in [6.45, 7) is 7.30. The number of hydrogen-bond donors (Lipinski definition) is 0. The summed E-state index contributed by atoms with van der Waals surface area (Å²) in [5, 5.41) is 0. The Morgan fingerprint density at radius 2 is 2.20 bits per heavy atom. The van der Waals surface area contributed by atoms with E-state index in [1.807, 2.05) is 0 Å². The zero-order valence-electron chi connectivity index (χ0n) is 7.43. The van der Waals surface area contributed by atoms with Gasteiger partial charge >= 0.3 is 0 Å². The van der Waals surface area contributed by atoms with Crippen molar-refractivity contribution in [3.05, 3.63) is 0 Å². The molecular weight excluding hydrogens is 122 g/mol. The number of nitrogens with zero attached hydrogens (tertiary/aromatic N) is 1. The number of piperidine rings is 1. The largest absolute Gasteiger partial charge is 0.306 e. The maximum atomic E-state index is 2.44. The Labute approximate surface area is 64.4 Å². The highest BCUT2D eigenvalue weighted by Gasteiger charge is 2.21. The molecule has 1 heteroatoms. The average Bonchev–Trinajstić information content (AvgIpc) is 1.88. The molecule has 60 valence electrons. The Hall–Kier alpha value is -0.0400. The van der Waals surface area contributed by atoms with E-state index in [0.717, 1.165) is 11.8 Å². The van der Waals surface area contributed by atoms with Crippen LogP contribution in [0.4, 0.5) is 0 Å². The second-order valence-electron chi connectivity index (χ2n) is 3.70. The van der Waals surface area contributed by atoms with E-state index >= 15 is 0 Å². The topological polar surface area (TPSA) is 3.24 Å². The Kier molecular flexibility index (Phi) is 2.72. The molecule has 0 aromatic heterocycles. The molecular formula is C9H19N. The van der Waals surface area contributed by atoms with Crippen molar-refractivity contribution in [1.82, 2.24) is 4.90 Å². The van der Waals surface area contributed by atoms with Gasteiger partial charge in [-0.1, -0.05) is 20.3 Å². The summed E-state index contributed by atoms with van der Waals surface area (Å²) in [5.41, 5.74) is 0. The van der Waals surface area contributed by atoms with Gasteiger partial charge in [-0.15, -0.1) is 0 Å². The van der Waals surface area contributed by atoms with Crippen LogP contribution in [0.15, 0.2) is 0 Å². The van der Waals surface area contributed by atoms with Crippen LogP contribution >= 0.6 is 0 Å². The van der Waals surface area contributed by atoms with Gasteiger partial charge in [-0.3, -0.25) is 0 Å². The van der Waals surface area contributed by atoms with E-state index in [-0.39, 0.29) is 0 Å². The Morgan fingerprint density at radius 1 is 1.50 bits per heavy atom. The van der Waals surface area contributed by atoms with E-state index in [1.54, 1.807) is 0 Å². The summed E-state index contributed by atoms with van der Waals surface area (Å²) in [6, 6.07) is 0. The summed E-state index contributed by atoms with van der Waals surface area (Å²) in [7, 11) is 2.22. The van der Waals surface area contributed by atoms with Gasteiger partial charge in [-0.05, 0) is 31.8 Å². The molecule has 1 saturated heterocycles. The quantitative estimate of drug-likeness (QED) is 0.540. The number of rotatable bonds is 1. The Morgan fingerprint density at radius 3 is 2.70 bits per heavy atom. The lowest BCUT2D eigenvalue weighted by atomic mass is 9.85. The van der Waals surface area contributed by atoms with Crippen LogP contribution in [0.2, 0.25) is 0 Å². The van der Waals surface area contributed by atoms with Crippen molar-refractivity contribution < 1.29 is 0 Å². The predicted molar refractivity (Wildman–Crippen MR) is 45.1 cm³/mol. The van der Waals surface area contributed by atoms with Crippen LogP contribution in [0, 0.1) is 11.8 Å². The molecule has 1 unspecified atom stereocenters. The molecule has 0 spiro atoms. The minimum atomic E-state index is 0.920. The lowest BCUT2D eigenvalue weighted by molar-refractivity contribution is 0.152. The number of hydrogen-bond acceptors (Lipinski definition) is 1. The highest BCUT2D eigenvalue weighted by atomic mass is 15.1. The minimum Gasteiger partial charge on any atom is -0.306 e. The van der Waals surface area contributed by atoms with Crippen molar-refractivity contribution in [3.63, 3.8) is 0 Å².